The second-order valence-corrected chi connectivity index (χ2v) is 5.60. The Morgan fingerprint density at radius 3 is 2.65 bits per heavy atom. The summed E-state index contributed by atoms with van der Waals surface area (Å²) in [6.07, 6.45) is 4.05. The van der Waals surface area contributed by atoms with Gasteiger partial charge in [0.2, 0.25) is 5.91 Å². The molecule has 0 spiro atoms. The quantitative estimate of drug-likeness (QED) is 0.301. The maximum absolute atomic E-state index is 11.8. The van der Waals surface area contributed by atoms with Crippen molar-refractivity contribution < 1.29 is 14.3 Å². The Morgan fingerprint density at radius 2 is 1.96 bits per heavy atom. The van der Waals surface area contributed by atoms with Gasteiger partial charge in [0.25, 0.3) is 0 Å². The number of nitrogens with one attached hydrogen (secondary N) is 1. The van der Waals surface area contributed by atoms with Gasteiger partial charge in [-0.05, 0) is 43.9 Å². The minimum atomic E-state index is -0.334. The van der Waals surface area contributed by atoms with Crippen LogP contribution in [-0.2, 0) is 20.7 Å². The molecule has 0 aromatic heterocycles. The number of carbonyl (C=O) groups is 2. The zero-order valence-corrected chi connectivity index (χ0v) is 13.8. The summed E-state index contributed by atoms with van der Waals surface area (Å²) < 4.78 is 5.01. The van der Waals surface area contributed by atoms with Crippen LogP contribution in [0.25, 0.3) is 0 Å². The molecular weight excluding hydrogens is 292 g/mol. The molecule has 1 aromatic rings. The van der Waals surface area contributed by atoms with Gasteiger partial charge in [0, 0.05) is 17.8 Å². The first-order chi connectivity index (χ1) is 11.0. The SMILES string of the molecule is C=C(C)C(=O)OCCCCCCNC(=O)Cc1cccc(N)c1. The van der Waals surface area contributed by atoms with Gasteiger partial charge < -0.3 is 15.8 Å². The number of carbonyl (C=O) groups excluding carboxylic acids is 2. The molecule has 23 heavy (non-hydrogen) atoms. The van der Waals surface area contributed by atoms with Crippen LogP contribution in [0.1, 0.15) is 38.2 Å². The molecule has 0 aliphatic carbocycles. The topological polar surface area (TPSA) is 81.4 Å². The first kappa shape index (κ1) is 18.7. The van der Waals surface area contributed by atoms with Gasteiger partial charge in [-0.25, -0.2) is 4.79 Å². The molecule has 0 saturated heterocycles. The van der Waals surface area contributed by atoms with Crippen molar-refractivity contribution in [1.29, 1.82) is 0 Å². The summed E-state index contributed by atoms with van der Waals surface area (Å²) in [7, 11) is 0. The second kappa shape index (κ2) is 10.4. The molecule has 0 aliphatic heterocycles. The molecule has 0 aliphatic rings. The fraction of sp³-hybridized carbons (Fsp3) is 0.444. The molecule has 0 atom stereocenters. The van der Waals surface area contributed by atoms with Gasteiger partial charge >= 0.3 is 5.97 Å². The molecule has 0 unspecified atom stereocenters. The van der Waals surface area contributed by atoms with E-state index in [2.05, 4.69) is 11.9 Å². The molecule has 1 aromatic carbocycles. The molecule has 0 saturated carbocycles. The average Bonchev–Trinajstić information content (AvgIpc) is 2.49. The molecular formula is C18H26N2O3. The van der Waals surface area contributed by atoms with Crippen LogP contribution in [0.3, 0.4) is 0 Å². The third-order valence-corrected chi connectivity index (χ3v) is 3.29. The zero-order chi connectivity index (χ0) is 17.1. The smallest absolute Gasteiger partial charge is 0.333 e. The lowest BCUT2D eigenvalue weighted by molar-refractivity contribution is -0.139. The molecule has 1 rings (SSSR count). The van der Waals surface area contributed by atoms with Crippen LogP contribution in [0.5, 0.6) is 0 Å². The minimum absolute atomic E-state index is 0.00554. The summed E-state index contributed by atoms with van der Waals surface area (Å²) in [6.45, 7) is 6.24. The zero-order valence-electron chi connectivity index (χ0n) is 13.8. The van der Waals surface area contributed by atoms with Gasteiger partial charge in [0.15, 0.2) is 0 Å². The van der Waals surface area contributed by atoms with E-state index in [-0.39, 0.29) is 11.9 Å². The maximum Gasteiger partial charge on any atom is 0.333 e. The Kier molecular flexibility index (Phi) is 8.50. The number of anilines is 1. The molecule has 5 heteroatoms. The van der Waals surface area contributed by atoms with E-state index in [4.69, 9.17) is 10.5 Å². The molecule has 1 amide bonds. The standard InChI is InChI=1S/C18H26N2O3/c1-14(2)18(22)23-11-6-4-3-5-10-20-17(21)13-15-8-7-9-16(19)12-15/h7-9,12H,1,3-6,10-11,13,19H2,2H3,(H,20,21). The summed E-state index contributed by atoms with van der Waals surface area (Å²) >= 11 is 0. The predicted octanol–water partition coefficient (Wildman–Crippen LogP) is 2.61. The Labute approximate surface area is 137 Å². The summed E-state index contributed by atoms with van der Waals surface area (Å²) in [4.78, 5) is 22.9. The number of rotatable bonds is 10. The van der Waals surface area contributed by atoms with Crippen molar-refractivity contribution in [3.63, 3.8) is 0 Å². The Morgan fingerprint density at radius 1 is 1.22 bits per heavy atom. The number of hydrogen-bond acceptors (Lipinski definition) is 4. The molecule has 0 fully saturated rings. The number of esters is 1. The number of benzene rings is 1. The summed E-state index contributed by atoms with van der Waals surface area (Å²) in [6, 6.07) is 7.35. The average molecular weight is 318 g/mol. The van der Waals surface area contributed by atoms with Crippen LogP contribution in [0.2, 0.25) is 0 Å². The fourth-order valence-corrected chi connectivity index (χ4v) is 2.05. The van der Waals surface area contributed by atoms with Crippen LogP contribution < -0.4 is 11.1 Å². The highest BCUT2D eigenvalue weighted by atomic mass is 16.5. The first-order valence-electron chi connectivity index (χ1n) is 7.93. The van der Waals surface area contributed by atoms with E-state index in [9.17, 15) is 9.59 Å². The van der Waals surface area contributed by atoms with Gasteiger partial charge in [-0.2, -0.15) is 0 Å². The van der Waals surface area contributed by atoms with Crippen LogP contribution in [0.4, 0.5) is 5.69 Å². The predicted molar refractivity (Wildman–Crippen MR) is 91.8 cm³/mol. The third-order valence-electron chi connectivity index (χ3n) is 3.29. The number of amides is 1. The largest absolute Gasteiger partial charge is 0.462 e. The van der Waals surface area contributed by atoms with Crippen LogP contribution in [-0.4, -0.2) is 25.0 Å². The Hall–Kier alpha value is -2.30. The monoisotopic (exact) mass is 318 g/mol. The van der Waals surface area contributed by atoms with Gasteiger partial charge in [-0.15, -0.1) is 0 Å². The van der Waals surface area contributed by atoms with Crippen molar-refractivity contribution in [2.45, 2.75) is 39.0 Å². The lowest BCUT2D eigenvalue weighted by Gasteiger charge is -2.06. The summed E-state index contributed by atoms with van der Waals surface area (Å²) in [5, 5.41) is 2.90. The molecule has 0 bridgehead atoms. The van der Waals surface area contributed by atoms with E-state index >= 15 is 0 Å². The first-order valence-corrected chi connectivity index (χ1v) is 7.93. The van der Waals surface area contributed by atoms with E-state index in [1.54, 1.807) is 13.0 Å². The normalized spacial score (nSPS) is 10.1. The summed E-state index contributed by atoms with van der Waals surface area (Å²) in [5.41, 5.74) is 7.69. The highest BCUT2D eigenvalue weighted by molar-refractivity contribution is 5.86. The highest BCUT2D eigenvalue weighted by Gasteiger charge is 2.04. The Balaban J connectivity index is 2.01. The molecule has 3 N–H and O–H groups in total. The second-order valence-electron chi connectivity index (χ2n) is 5.60. The van der Waals surface area contributed by atoms with Crippen molar-refractivity contribution in [3.8, 4) is 0 Å². The van der Waals surface area contributed by atoms with Crippen molar-refractivity contribution in [1.82, 2.24) is 5.32 Å². The van der Waals surface area contributed by atoms with Gasteiger partial charge in [0.1, 0.15) is 0 Å². The van der Waals surface area contributed by atoms with E-state index in [0.717, 1.165) is 31.2 Å². The van der Waals surface area contributed by atoms with Gasteiger partial charge in [-0.3, -0.25) is 4.79 Å². The number of nitrogens with two attached hydrogens (primary N) is 1. The van der Waals surface area contributed by atoms with Crippen molar-refractivity contribution >= 4 is 17.6 Å². The van der Waals surface area contributed by atoms with Crippen LogP contribution in [0.15, 0.2) is 36.4 Å². The lowest BCUT2D eigenvalue weighted by Crippen LogP contribution is -2.26. The molecule has 0 heterocycles. The molecule has 0 radical (unpaired) electrons. The fourth-order valence-electron chi connectivity index (χ4n) is 2.05. The molecule has 126 valence electrons. The van der Waals surface area contributed by atoms with Crippen LogP contribution >= 0.6 is 0 Å². The number of unbranched alkanes of at least 4 members (excludes halogenated alkanes) is 3. The lowest BCUT2D eigenvalue weighted by atomic mass is 10.1. The highest BCUT2D eigenvalue weighted by Crippen LogP contribution is 2.07. The minimum Gasteiger partial charge on any atom is -0.462 e. The van der Waals surface area contributed by atoms with E-state index < -0.39 is 0 Å². The van der Waals surface area contributed by atoms with Crippen molar-refractivity contribution in [2.24, 2.45) is 0 Å². The third kappa shape index (κ3) is 8.66. The van der Waals surface area contributed by atoms with Crippen molar-refractivity contribution in [3.05, 3.63) is 42.0 Å². The number of ether oxygens (including phenoxy) is 1. The Bertz CT molecular complexity index is 541. The molecule has 5 nitrogen and oxygen atoms in total. The summed E-state index contributed by atoms with van der Waals surface area (Å²) in [5.74, 6) is -0.329. The van der Waals surface area contributed by atoms with E-state index in [1.807, 2.05) is 18.2 Å². The van der Waals surface area contributed by atoms with Gasteiger partial charge in [0.05, 0.1) is 13.0 Å². The van der Waals surface area contributed by atoms with E-state index in [0.29, 0.717) is 30.8 Å². The number of hydrogen-bond donors (Lipinski definition) is 2. The van der Waals surface area contributed by atoms with E-state index in [1.165, 1.54) is 0 Å². The number of nitrogen functional groups attached to an aromatic ring is 1. The maximum atomic E-state index is 11.8. The van der Waals surface area contributed by atoms with Gasteiger partial charge in [-0.1, -0.05) is 25.1 Å². The van der Waals surface area contributed by atoms with Crippen molar-refractivity contribution in [2.75, 3.05) is 18.9 Å². The van der Waals surface area contributed by atoms with Crippen LogP contribution in [0, 0.1) is 0 Å².